The van der Waals surface area contributed by atoms with Gasteiger partial charge in [-0.2, -0.15) is 0 Å². The molecule has 0 aliphatic carbocycles. The van der Waals surface area contributed by atoms with Crippen molar-refractivity contribution < 1.29 is 14.6 Å². The summed E-state index contributed by atoms with van der Waals surface area (Å²) in [5, 5.41) is 10.8. The van der Waals surface area contributed by atoms with E-state index in [0.29, 0.717) is 22.2 Å². The van der Waals surface area contributed by atoms with Gasteiger partial charge in [0, 0.05) is 11.2 Å². The minimum Gasteiger partial charge on any atom is -0.506 e. The average Bonchev–Trinajstić information content (AvgIpc) is 2.69. The van der Waals surface area contributed by atoms with Crippen LogP contribution in [0.1, 0.15) is 12.6 Å². The van der Waals surface area contributed by atoms with Crippen LogP contribution in [-0.4, -0.2) is 22.1 Å². The average molecular weight is 383 g/mol. The number of ether oxygens (including phenoxy) is 1. The summed E-state index contributed by atoms with van der Waals surface area (Å²) in [6.07, 6.45) is 0.894. The first kappa shape index (κ1) is 18.7. The van der Waals surface area contributed by atoms with Gasteiger partial charge in [-0.05, 0) is 55.5 Å². The third-order valence-corrected chi connectivity index (χ3v) is 4.21. The standard InChI is InChI=1S/C21H19ClN2O3/c1-15(27-18-11-9-16(22)10-12-18)21(26)24(14-17-6-4-5-13-23-17)19-7-2-3-8-20(19)25/h2-13,15,25H,14H2,1H3. The van der Waals surface area contributed by atoms with E-state index in [0.717, 1.165) is 0 Å². The first-order valence-corrected chi connectivity index (χ1v) is 8.84. The molecule has 3 rings (SSSR count). The molecule has 1 aromatic heterocycles. The van der Waals surface area contributed by atoms with Crippen LogP contribution in [0.5, 0.6) is 11.5 Å². The first-order chi connectivity index (χ1) is 13.0. The van der Waals surface area contributed by atoms with Crippen molar-refractivity contribution in [2.45, 2.75) is 19.6 Å². The summed E-state index contributed by atoms with van der Waals surface area (Å²) in [6.45, 7) is 1.88. The Labute approximate surface area is 162 Å². The molecule has 0 saturated heterocycles. The molecule has 1 amide bonds. The monoisotopic (exact) mass is 382 g/mol. The van der Waals surface area contributed by atoms with Gasteiger partial charge in [0.2, 0.25) is 0 Å². The molecule has 2 aromatic carbocycles. The van der Waals surface area contributed by atoms with E-state index in [4.69, 9.17) is 16.3 Å². The van der Waals surface area contributed by atoms with Gasteiger partial charge in [0.15, 0.2) is 6.10 Å². The number of hydrogen-bond acceptors (Lipinski definition) is 4. The van der Waals surface area contributed by atoms with Crippen LogP contribution in [0, 0.1) is 0 Å². The minimum atomic E-state index is -0.769. The van der Waals surface area contributed by atoms with E-state index in [2.05, 4.69) is 4.98 Å². The summed E-state index contributed by atoms with van der Waals surface area (Å²) in [5.74, 6) is 0.257. The molecule has 5 nitrogen and oxygen atoms in total. The maximum Gasteiger partial charge on any atom is 0.268 e. The summed E-state index contributed by atoms with van der Waals surface area (Å²) in [7, 11) is 0. The predicted octanol–water partition coefficient (Wildman–Crippen LogP) is 4.44. The van der Waals surface area contributed by atoms with Crippen LogP contribution in [0.2, 0.25) is 5.02 Å². The molecule has 1 heterocycles. The maximum atomic E-state index is 13.1. The van der Waals surface area contributed by atoms with E-state index in [1.807, 2.05) is 18.2 Å². The number of phenolic OH excluding ortho intramolecular Hbond substituents is 1. The van der Waals surface area contributed by atoms with Crippen LogP contribution in [0.3, 0.4) is 0 Å². The second-order valence-corrected chi connectivity index (χ2v) is 6.38. The number of amides is 1. The lowest BCUT2D eigenvalue weighted by molar-refractivity contribution is -0.124. The zero-order valence-corrected chi connectivity index (χ0v) is 15.5. The lowest BCUT2D eigenvalue weighted by Crippen LogP contribution is -2.40. The molecule has 0 aliphatic heterocycles. The number of nitrogens with zero attached hydrogens (tertiary/aromatic N) is 2. The molecule has 1 N–H and O–H groups in total. The number of para-hydroxylation sites is 2. The molecular formula is C21H19ClN2O3. The third-order valence-electron chi connectivity index (χ3n) is 3.96. The number of rotatable bonds is 6. The van der Waals surface area contributed by atoms with Gasteiger partial charge >= 0.3 is 0 Å². The van der Waals surface area contributed by atoms with Crippen LogP contribution in [0.15, 0.2) is 72.9 Å². The fraction of sp³-hybridized carbons (Fsp3) is 0.143. The predicted molar refractivity (Wildman–Crippen MR) is 105 cm³/mol. The lowest BCUT2D eigenvalue weighted by Gasteiger charge is -2.26. The van der Waals surface area contributed by atoms with Crippen molar-refractivity contribution in [3.05, 3.63) is 83.6 Å². The second-order valence-electron chi connectivity index (χ2n) is 5.95. The Bertz CT molecular complexity index is 901. The van der Waals surface area contributed by atoms with E-state index in [1.165, 1.54) is 4.90 Å². The SMILES string of the molecule is CC(Oc1ccc(Cl)cc1)C(=O)N(Cc1ccccn1)c1ccccc1O. The second kappa shape index (κ2) is 8.56. The molecule has 0 radical (unpaired) electrons. The number of halogens is 1. The molecule has 0 bridgehead atoms. The van der Waals surface area contributed by atoms with Crippen molar-refractivity contribution in [3.8, 4) is 11.5 Å². The van der Waals surface area contributed by atoms with Gasteiger partial charge < -0.3 is 9.84 Å². The van der Waals surface area contributed by atoms with Crippen molar-refractivity contribution in [2.75, 3.05) is 4.90 Å². The number of pyridine rings is 1. The largest absolute Gasteiger partial charge is 0.506 e. The number of phenols is 1. The van der Waals surface area contributed by atoms with Crippen molar-refractivity contribution in [3.63, 3.8) is 0 Å². The molecular weight excluding hydrogens is 364 g/mol. The number of anilines is 1. The van der Waals surface area contributed by atoms with E-state index in [1.54, 1.807) is 61.7 Å². The minimum absolute atomic E-state index is 0.0143. The van der Waals surface area contributed by atoms with Crippen molar-refractivity contribution in [2.24, 2.45) is 0 Å². The molecule has 3 aromatic rings. The molecule has 0 fully saturated rings. The van der Waals surface area contributed by atoms with E-state index < -0.39 is 6.10 Å². The fourth-order valence-corrected chi connectivity index (χ4v) is 2.74. The van der Waals surface area contributed by atoms with E-state index >= 15 is 0 Å². The molecule has 0 aliphatic rings. The number of carbonyl (C=O) groups is 1. The Balaban J connectivity index is 1.85. The summed E-state index contributed by atoms with van der Waals surface area (Å²) in [4.78, 5) is 18.9. The molecule has 1 unspecified atom stereocenters. The summed E-state index contributed by atoms with van der Waals surface area (Å²) in [5.41, 5.74) is 1.10. The van der Waals surface area contributed by atoms with Crippen molar-refractivity contribution in [1.82, 2.24) is 4.98 Å². The Morgan fingerprint density at radius 2 is 1.81 bits per heavy atom. The van der Waals surface area contributed by atoms with Gasteiger partial charge in [-0.15, -0.1) is 0 Å². The topological polar surface area (TPSA) is 62.7 Å². The quantitative estimate of drug-likeness (QED) is 0.684. The fourth-order valence-electron chi connectivity index (χ4n) is 2.62. The van der Waals surface area contributed by atoms with Gasteiger partial charge in [0.1, 0.15) is 11.5 Å². The van der Waals surface area contributed by atoms with Crippen LogP contribution in [-0.2, 0) is 11.3 Å². The summed E-state index contributed by atoms with van der Waals surface area (Å²) in [6, 6.07) is 19.0. The smallest absolute Gasteiger partial charge is 0.268 e. The lowest BCUT2D eigenvalue weighted by atomic mass is 10.2. The first-order valence-electron chi connectivity index (χ1n) is 8.46. The zero-order chi connectivity index (χ0) is 19.2. The van der Waals surface area contributed by atoms with Gasteiger partial charge in [-0.3, -0.25) is 14.7 Å². The highest BCUT2D eigenvalue weighted by atomic mass is 35.5. The molecule has 138 valence electrons. The number of benzene rings is 2. The van der Waals surface area contributed by atoms with Crippen molar-refractivity contribution >= 4 is 23.2 Å². The Morgan fingerprint density at radius 3 is 2.48 bits per heavy atom. The Kier molecular flexibility index (Phi) is 5.94. The number of hydrogen-bond donors (Lipinski definition) is 1. The Morgan fingerprint density at radius 1 is 1.11 bits per heavy atom. The Hall–Kier alpha value is -3.05. The highest BCUT2D eigenvalue weighted by Crippen LogP contribution is 2.29. The van der Waals surface area contributed by atoms with Crippen LogP contribution in [0.4, 0.5) is 5.69 Å². The molecule has 27 heavy (non-hydrogen) atoms. The van der Waals surface area contributed by atoms with Gasteiger partial charge in [0.05, 0.1) is 17.9 Å². The normalized spacial score (nSPS) is 11.6. The summed E-state index contributed by atoms with van der Waals surface area (Å²) >= 11 is 5.88. The summed E-state index contributed by atoms with van der Waals surface area (Å²) < 4.78 is 5.76. The van der Waals surface area contributed by atoms with Crippen LogP contribution >= 0.6 is 11.6 Å². The molecule has 0 spiro atoms. The molecule has 1 atom stereocenters. The maximum absolute atomic E-state index is 13.1. The van der Waals surface area contributed by atoms with Gasteiger partial charge in [-0.25, -0.2) is 0 Å². The van der Waals surface area contributed by atoms with Crippen molar-refractivity contribution in [1.29, 1.82) is 0 Å². The van der Waals surface area contributed by atoms with E-state index in [-0.39, 0.29) is 18.2 Å². The van der Waals surface area contributed by atoms with Crippen LogP contribution in [0.25, 0.3) is 0 Å². The highest BCUT2D eigenvalue weighted by Gasteiger charge is 2.26. The highest BCUT2D eigenvalue weighted by molar-refractivity contribution is 6.30. The van der Waals surface area contributed by atoms with Gasteiger partial charge in [-0.1, -0.05) is 29.8 Å². The number of aromatic nitrogens is 1. The van der Waals surface area contributed by atoms with Crippen LogP contribution < -0.4 is 9.64 Å². The zero-order valence-electron chi connectivity index (χ0n) is 14.7. The third kappa shape index (κ3) is 4.77. The molecule has 6 heteroatoms. The van der Waals surface area contributed by atoms with Gasteiger partial charge in [0.25, 0.3) is 5.91 Å². The molecule has 0 saturated carbocycles. The number of aromatic hydroxyl groups is 1. The number of carbonyl (C=O) groups excluding carboxylic acids is 1. The van der Waals surface area contributed by atoms with E-state index in [9.17, 15) is 9.90 Å².